The van der Waals surface area contributed by atoms with Crippen LogP contribution in [0, 0.1) is 11.8 Å². The van der Waals surface area contributed by atoms with Gasteiger partial charge in [-0.2, -0.15) is 4.31 Å². The molecule has 1 aromatic carbocycles. The number of nitrogens with zero attached hydrogens (tertiary/aromatic N) is 1. The van der Waals surface area contributed by atoms with Gasteiger partial charge in [-0.1, -0.05) is 12.1 Å². The summed E-state index contributed by atoms with van der Waals surface area (Å²) in [5.41, 5.74) is 6.14. The van der Waals surface area contributed by atoms with E-state index in [0.29, 0.717) is 19.0 Å². The number of benzene rings is 1. The third kappa shape index (κ3) is 2.43. The van der Waals surface area contributed by atoms with E-state index in [1.807, 2.05) is 0 Å². The third-order valence-corrected chi connectivity index (χ3v) is 6.68. The third-order valence-electron chi connectivity index (χ3n) is 4.79. The van der Waals surface area contributed by atoms with Gasteiger partial charge in [-0.3, -0.25) is 0 Å². The van der Waals surface area contributed by atoms with Crippen LogP contribution in [0.4, 0.5) is 0 Å². The van der Waals surface area contributed by atoms with Crippen LogP contribution in [0.1, 0.15) is 23.2 Å². The predicted molar refractivity (Wildman–Crippen MR) is 80.7 cm³/mol. The van der Waals surface area contributed by atoms with E-state index in [1.54, 1.807) is 12.1 Å². The zero-order chi connectivity index (χ0) is 15.9. The molecule has 0 aromatic heterocycles. The van der Waals surface area contributed by atoms with Gasteiger partial charge in [0, 0.05) is 19.1 Å². The molecule has 3 rings (SSSR count). The SMILES string of the molecule is COC(=O)c1ccccc1S(=O)(=O)N1CC2CCC(N)C2C1. The van der Waals surface area contributed by atoms with Gasteiger partial charge in [-0.25, -0.2) is 13.2 Å². The van der Waals surface area contributed by atoms with E-state index in [1.165, 1.54) is 23.5 Å². The van der Waals surface area contributed by atoms with Gasteiger partial charge in [-0.05, 0) is 36.8 Å². The molecule has 6 nitrogen and oxygen atoms in total. The lowest BCUT2D eigenvalue weighted by atomic mass is 9.98. The highest BCUT2D eigenvalue weighted by Crippen LogP contribution is 2.39. The molecule has 1 heterocycles. The molecule has 3 unspecified atom stereocenters. The van der Waals surface area contributed by atoms with Crippen molar-refractivity contribution < 1.29 is 17.9 Å². The van der Waals surface area contributed by atoms with Crippen molar-refractivity contribution >= 4 is 16.0 Å². The molecule has 3 atom stereocenters. The van der Waals surface area contributed by atoms with E-state index in [-0.39, 0.29) is 22.4 Å². The Balaban J connectivity index is 1.93. The Morgan fingerprint density at radius 2 is 2.00 bits per heavy atom. The Bertz CT molecular complexity index is 689. The van der Waals surface area contributed by atoms with Crippen molar-refractivity contribution in [1.29, 1.82) is 0 Å². The maximum Gasteiger partial charge on any atom is 0.339 e. The first-order valence-corrected chi connectivity index (χ1v) is 8.82. The number of hydrogen-bond acceptors (Lipinski definition) is 5. The van der Waals surface area contributed by atoms with E-state index in [9.17, 15) is 13.2 Å². The number of nitrogens with two attached hydrogens (primary N) is 1. The lowest BCUT2D eigenvalue weighted by molar-refractivity contribution is 0.0596. The second kappa shape index (κ2) is 5.64. The molecule has 1 saturated carbocycles. The topological polar surface area (TPSA) is 89.7 Å². The molecule has 0 amide bonds. The molecular formula is C15H20N2O4S. The Morgan fingerprint density at radius 1 is 1.27 bits per heavy atom. The van der Waals surface area contributed by atoms with Gasteiger partial charge in [0.05, 0.1) is 17.6 Å². The second-order valence-electron chi connectivity index (χ2n) is 5.97. The molecule has 1 aliphatic carbocycles. The summed E-state index contributed by atoms with van der Waals surface area (Å²) in [5, 5.41) is 0. The molecule has 2 aliphatic rings. The minimum absolute atomic E-state index is 0.00962. The van der Waals surface area contributed by atoms with Crippen molar-refractivity contribution in [3.8, 4) is 0 Å². The molecule has 0 spiro atoms. The van der Waals surface area contributed by atoms with Crippen LogP contribution in [-0.2, 0) is 14.8 Å². The first kappa shape index (κ1) is 15.5. The summed E-state index contributed by atoms with van der Waals surface area (Å²) in [6, 6.07) is 6.24. The smallest absolute Gasteiger partial charge is 0.339 e. The zero-order valence-electron chi connectivity index (χ0n) is 12.4. The highest BCUT2D eigenvalue weighted by Gasteiger charge is 2.45. The van der Waals surface area contributed by atoms with Crippen LogP contribution < -0.4 is 5.73 Å². The fourth-order valence-electron chi connectivity index (χ4n) is 3.57. The van der Waals surface area contributed by atoms with Crippen LogP contribution >= 0.6 is 0 Å². The molecule has 7 heteroatoms. The molecule has 1 saturated heterocycles. The number of methoxy groups -OCH3 is 1. The zero-order valence-corrected chi connectivity index (χ0v) is 13.3. The van der Waals surface area contributed by atoms with Crippen molar-refractivity contribution in [2.45, 2.75) is 23.8 Å². The van der Waals surface area contributed by atoms with E-state index < -0.39 is 16.0 Å². The fraction of sp³-hybridized carbons (Fsp3) is 0.533. The van der Waals surface area contributed by atoms with Gasteiger partial charge in [0.2, 0.25) is 10.0 Å². The van der Waals surface area contributed by atoms with Gasteiger partial charge in [0.25, 0.3) is 0 Å². The van der Waals surface area contributed by atoms with Crippen LogP contribution in [0.15, 0.2) is 29.2 Å². The van der Waals surface area contributed by atoms with Crippen LogP contribution in [0.5, 0.6) is 0 Å². The summed E-state index contributed by atoms with van der Waals surface area (Å²) in [7, 11) is -2.47. The number of carbonyl (C=O) groups is 1. The number of hydrogen-bond donors (Lipinski definition) is 1. The Morgan fingerprint density at radius 3 is 2.68 bits per heavy atom. The highest BCUT2D eigenvalue weighted by molar-refractivity contribution is 7.89. The van der Waals surface area contributed by atoms with E-state index >= 15 is 0 Å². The standard InChI is InChI=1S/C15H20N2O4S/c1-21-15(18)11-4-2-3-5-14(11)22(19,20)17-8-10-6-7-13(16)12(10)9-17/h2-5,10,12-13H,6-9,16H2,1H3. The van der Waals surface area contributed by atoms with Gasteiger partial charge in [0.15, 0.2) is 0 Å². The average Bonchev–Trinajstić information content (AvgIpc) is 3.09. The summed E-state index contributed by atoms with van der Waals surface area (Å²) in [4.78, 5) is 11.8. The van der Waals surface area contributed by atoms with E-state index in [2.05, 4.69) is 4.74 Å². The number of fused-ring (bicyclic) bond motifs is 1. The summed E-state index contributed by atoms with van der Waals surface area (Å²) in [6.07, 6.45) is 1.93. The van der Waals surface area contributed by atoms with Crippen LogP contribution in [0.25, 0.3) is 0 Å². The summed E-state index contributed by atoms with van der Waals surface area (Å²) < 4.78 is 31.9. The van der Waals surface area contributed by atoms with Gasteiger partial charge in [-0.15, -0.1) is 0 Å². The first-order chi connectivity index (χ1) is 10.4. The lowest BCUT2D eigenvalue weighted by Crippen LogP contribution is -2.34. The Hall–Kier alpha value is -1.44. The van der Waals surface area contributed by atoms with E-state index in [0.717, 1.165) is 12.8 Å². The average molecular weight is 324 g/mol. The largest absolute Gasteiger partial charge is 0.465 e. The van der Waals surface area contributed by atoms with Crippen molar-refractivity contribution in [2.24, 2.45) is 17.6 Å². The highest BCUT2D eigenvalue weighted by atomic mass is 32.2. The number of rotatable bonds is 3. The minimum atomic E-state index is -3.71. The molecule has 0 bridgehead atoms. The minimum Gasteiger partial charge on any atom is -0.465 e. The number of sulfonamides is 1. The lowest BCUT2D eigenvalue weighted by Gasteiger charge is -2.19. The monoisotopic (exact) mass is 324 g/mol. The molecule has 2 N–H and O–H groups in total. The summed E-state index contributed by atoms with van der Waals surface area (Å²) in [6.45, 7) is 0.917. The summed E-state index contributed by atoms with van der Waals surface area (Å²) in [5.74, 6) is -0.0922. The van der Waals surface area contributed by atoms with E-state index in [4.69, 9.17) is 5.73 Å². The molecule has 120 valence electrons. The quantitative estimate of drug-likeness (QED) is 0.832. The molecule has 0 radical (unpaired) electrons. The number of carbonyl (C=O) groups excluding carboxylic acids is 1. The second-order valence-corrected chi connectivity index (χ2v) is 7.88. The Labute approximate surface area is 130 Å². The van der Waals surface area contributed by atoms with Crippen molar-refractivity contribution in [1.82, 2.24) is 4.31 Å². The molecule has 1 aliphatic heterocycles. The van der Waals surface area contributed by atoms with Crippen molar-refractivity contribution in [3.05, 3.63) is 29.8 Å². The molecule has 2 fully saturated rings. The molecular weight excluding hydrogens is 304 g/mol. The normalized spacial score (nSPS) is 28.5. The Kier molecular flexibility index (Phi) is 3.96. The molecule has 1 aromatic rings. The summed E-state index contributed by atoms with van der Waals surface area (Å²) >= 11 is 0. The number of esters is 1. The molecule has 22 heavy (non-hydrogen) atoms. The van der Waals surface area contributed by atoms with Crippen LogP contribution in [-0.4, -0.2) is 44.9 Å². The maximum absolute atomic E-state index is 12.9. The fourth-order valence-corrected chi connectivity index (χ4v) is 5.29. The van der Waals surface area contributed by atoms with Crippen LogP contribution in [0.3, 0.4) is 0 Å². The van der Waals surface area contributed by atoms with Crippen molar-refractivity contribution in [3.63, 3.8) is 0 Å². The first-order valence-electron chi connectivity index (χ1n) is 7.38. The maximum atomic E-state index is 12.9. The van der Waals surface area contributed by atoms with Gasteiger partial charge >= 0.3 is 5.97 Å². The van der Waals surface area contributed by atoms with Crippen LogP contribution in [0.2, 0.25) is 0 Å². The number of ether oxygens (including phenoxy) is 1. The van der Waals surface area contributed by atoms with Gasteiger partial charge < -0.3 is 10.5 Å². The predicted octanol–water partition coefficient (Wildman–Crippen LogP) is 0.831. The van der Waals surface area contributed by atoms with Crippen molar-refractivity contribution in [2.75, 3.05) is 20.2 Å². The van der Waals surface area contributed by atoms with Gasteiger partial charge in [0.1, 0.15) is 0 Å².